The predicted octanol–water partition coefficient (Wildman–Crippen LogP) is 2.33. The Bertz CT molecular complexity index is 227. The molecule has 0 aliphatic carbocycles. The zero-order chi connectivity index (χ0) is 8.97. The van der Waals surface area contributed by atoms with Crippen LogP contribution in [0.3, 0.4) is 0 Å². The molecule has 1 heterocycles. The number of aryl methyl sites for hydroxylation is 1. The molecular formula is C10H16O2. The van der Waals surface area contributed by atoms with E-state index in [9.17, 15) is 0 Å². The molecule has 0 bridgehead atoms. The maximum Gasteiger partial charge on any atom is 0.109 e. The van der Waals surface area contributed by atoms with Gasteiger partial charge in [0.2, 0.25) is 0 Å². The molecule has 0 aliphatic rings. The van der Waals surface area contributed by atoms with Gasteiger partial charge in [-0.15, -0.1) is 0 Å². The van der Waals surface area contributed by atoms with Gasteiger partial charge in [-0.2, -0.15) is 0 Å². The molecule has 0 amide bonds. The normalized spacial score (nSPS) is 13.2. The Morgan fingerprint density at radius 2 is 2.25 bits per heavy atom. The maximum atomic E-state index is 8.87. The van der Waals surface area contributed by atoms with Crippen molar-refractivity contribution in [2.75, 3.05) is 6.61 Å². The van der Waals surface area contributed by atoms with Crippen LogP contribution in [-0.2, 0) is 6.42 Å². The molecule has 1 aromatic rings. The molecule has 0 radical (unpaired) electrons. The summed E-state index contributed by atoms with van der Waals surface area (Å²) in [5.74, 6) is 2.03. The minimum Gasteiger partial charge on any atom is -0.466 e. The third-order valence-electron chi connectivity index (χ3n) is 1.94. The molecule has 0 aromatic carbocycles. The number of furan rings is 1. The molecule has 0 saturated carbocycles. The molecule has 0 fully saturated rings. The van der Waals surface area contributed by atoms with Crippen LogP contribution in [0.25, 0.3) is 0 Å². The van der Waals surface area contributed by atoms with Gasteiger partial charge in [0, 0.05) is 12.3 Å². The Balaban J connectivity index is 2.63. The van der Waals surface area contributed by atoms with E-state index in [0.29, 0.717) is 0 Å². The number of hydrogen-bond acceptors (Lipinski definition) is 2. The second-order valence-electron chi connectivity index (χ2n) is 3.14. The van der Waals surface area contributed by atoms with E-state index in [0.717, 1.165) is 24.4 Å². The summed E-state index contributed by atoms with van der Waals surface area (Å²) in [7, 11) is 0. The molecule has 2 nitrogen and oxygen atoms in total. The van der Waals surface area contributed by atoms with E-state index in [-0.39, 0.29) is 12.5 Å². The first-order valence-electron chi connectivity index (χ1n) is 4.47. The fourth-order valence-electron chi connectivity index (χ4n) is 1.13. The summed E-state index contributed by atoms with van der Waals surface area (Å²) in [6.07, 6.45) is 2.08. The van der Waals surface area contributed by atoms with E-state index in [2.05, 4.69) is 6.92 Å². The van der Waals surface area contributed by atoms with Crippen LogP contribution < -0.4 is 0 Å². The van der Waals surface area contributed by atoms with Crippen LogP contribution in [0.2, 0.25) is 0 Å². The standard InChI is InChI=1S/C10H16O2/c1-3-4-9-5-6-10(12-9)8(2)7-11/h5-6,8,11H,3-4,7H2,1-2H3. The summed E-state index contributed by atoms with van der Waals surface area (Å²) < 4.78 is 5.52. The minimum absolute atomic E-state index is 0.121. The Morgan fingerprint density at radius 1 is 1.50 bits per heavy atom. The summed E-state index contributed by atoms with van der Waals surface area (Å²) >= 11 is 0. The van der Waals surface area contributed by atoms with Gasteiger partial charge >= 0.3 is 0 Å². The van der Waals surface area contributed by atoms with E-state index in [4.69, 9.17) is 9.52 Å². The lowest BCUT2D eigenvalue weighted by Gasteiger charge is -2.02. The zero-order valence-corrected chi connectivity index (χ0v) is 7.71. The minimum atomic E-state index is 0.121. The molecule has 68 valence electrons. The van der Waals surface area contributed by atoms with Crippen LogP contribution >= 0.6 is 0 Å². The third kappa shape index (κ3) is 2.11. The van der Waals surface area contributed by atoms with Crippen molar-refractivity contribution in [3.8, 4) is 0 Å². The van der Waals surface area contributed by atoms with E-state index in [1.165, 1.54) is 0 Å². The first kappa shape index (κ1) is 9.33. The third-order valence-corrected chi connectivity index (χ3v) is 1.94. The lowest BCUT2D eigenvalue weighted by atomic mass is 10.1. The molecule has 2 heteroatoms. The highest BCUT2D eigenvalue weighted by atomic mass is 16.3. The topological polar surface area (TPSA) is 33.4 Å². The summed E-state index contributed by atoms with van der Waals surface area (Å²) in [4.78, 5) is 0. The average Bonchev–Trinajstić information content (AvgIpc) is 2.52. The van der Waals surface area contributed by atoms with Gasteiger partial charge in [0.25, 0.3) is 0 Å². The van der Waals surface area contributed by atoms with Crippen molar-refractivity contribution in [3.05, 3.63) is 23.7 Å². The Kier molecular flexibility index (Phi) is 3.35. The van der Waals surface area contributed by atoms with Crippen LogP contribution in [0.1, 0.15) is 37.7 Å². The quantitative estimate of drug-likeness (QED) is 0.748. The molecule has 0 spiro atoms. The van der Waals surface area contributed by atoms with E-state index in [1.54, 1.807) is 0 Å². The highest BCUT2D eigenvalue weighted by molar-refractivity contribution is 5.10. The highest BCUT2D eigenvalue weighted by Gasteiger charge is 2.08. The lowest BCUT2D eigenvalue weighted by molar-refractivity contribution is 0.255. The molecule has 1 N–H and O–H groups in total. The summed E-state index contributed by atoms with van der Waals surface area (Å²) in [6, 6.07) is 3.94. The summed E-state index contributed by atoms with van der Waals surface area (Å²) in [6.45, 7) is 4.23. The van der Waals surface area contributed by atoms with Gasteiger partial charge in [0.05, 0.1) is 6.61 Å². The first-order valence-corrected chi connectivity index (χ1v) is 4.47. The van der Waals surface area contributed by atoms with Gasteiger partial charge < -0.3 is 9.52 Å². The van der Waals surface area contributed by atoms with Gasteiger partial charge in [0.1, 0.15) is 11.5 Å². The molecule has 1 aromatic heterocycles. The van der Waals surface area contributed by atoms with E-state index >= 15 is 0 Å². The number of aliphatic hydroxyl groups excluding tert-OH is 1. The van der Waals surface area contributed by atoms with Gasteiger partial charge in [-0.1, -0.05) is 13.8 Å². The maximum absolute atomic E-state index is 8.87. The van der Waals surface area contributed by atoms with Crippen molar-refractivity contribution in [1.82, 2.24) is 0 Å². The van der Waals surface area contributed by atoms with Crippen LogP contribution in [0.4, 0.5) is 0 Å². The van der Waals surface area contributed by atoms with Gasteiger partial charge in [-0.25, -0.2) is 0 Å². The first-order chi connectivity index (χ1) is 5.77. The van der Waals surface area contributed by atoms with Crippen LogP contribution in [0.15, 0.2) is 16.5 Å². The summed E-state index contributed by atoms with van der Waals surface area (Å²) in [5, 5.41) is 8.87. The van der Waals surface area contributed by atoms with Crippen LogP contribution in [0, 0.1) is 0 Å². The van der Waals surface area contributed by atoms with Gasteiger partial charge in [-0.3, -0.25) is 0 Å². The van der Waals surface area contributed by atoms with E-state index < -0.39 is 0 Å². The fourth-order valence-corrected chi connectivity index (χ4v) is 1.13. The fraction of sp³-hybridized carbons (Fsp3) is 0.600. The molecule has 1 atom stereocenters. The van der Waals surface area contributed by atoms with Crippen molar-refractivity contribution >= 4 is 0 Å². The second-order valence-corrected chi connectivity index (χ2v) is 3.14. The Hall–Kier alpha value is -0.760. The summed E-state index contributed by atoms with van der Waals surface area (Å²) in [5.41, 5.74) is 0. The molecule has 1 unspecified atom stereocenters. The molecule has 1 rings (SSSR count). The lowest BCUT2D eigenvalue weighted by Crippen LogP contribution is -1.96. The second kappa shape index (κ2) is 4.31. The molecule has 0 aliphatic heterocycles. The van der Waals surface area contributed by atoms with Crippen molar-refractivity contribution in [3.63, 3.8) is 0 Å². The smallest absolute Gasteiger partial charge is 0.109 e. The SMILES string of the molecule is CCCc1ccc(C(C)CO)o1. The van der Waals surface area contributed by atoms with Crippen LogP contribution in [-0.4, -0.2) is 11.7 Å². The van der Waals surface area contributed by atoms with Crippen molar-refractivity contribution in [1.29, 1.82) is 0 Å². The number of rotatable bonds is 4. The van der Waals surface area contributed by atoms with Crippen LogP contribution in [0.5, 0.6) is 0 Å². The monoisotopic (exact) mass is 168 g/mol. The molecule has 0 saturated heterocycles. The van der Waals surface area contributed by atoms with Gasteiger partial charge in [0.15, 0.2) is 0 Å². The number of aliphatic hydroxyl groups is 1. The predicted molar refractivity (Wildman–Crippen MR) is 48.2 cm³/mol. The van der Waals surface area contributed by atoms with Gasteiger partial charge in [-0.05, 0) is 18.6 Å². The van der Waals surface area contributed by atoms with Crippen molar-refractivity contribution in [2.45, 2.75) is 32.6 Å². The largest absolute Gasteiger partial charge is 0.466 e. The molecule has 12 heavy (non-hydrogen) atoms. The number of hydrogen-bond donors (Lipinski definition) is 1. The van der Waals surface area contributed by atoms with Crippen molar-refractivity contribution in [2.24, 2.45) is 0 Å². The Labute approximate surface area is 73.2 Å². The molecular weight excluding hydrogens is 152 g/mol. The van der Waals surface area contributed by atoms with Crippen molar-refractivity contribution < 1.29 is 9.52 Å². The van der Waals surface area contributed by atoms with E-state index in [1.807, 2.05) is 19.1 Å². The Morgan fingerprint density at radius 3 is 2.83 bits per heavy atom. The zero-order valence-electron chi connectivity index (χ0n) is 7.71. The average molecular weight is 168 g/mol. The highest BCUT2D eigenvalue weighted by Crippen LogP contribution is 2.18.